The van der Waals surface area contributed by atoms with Gasteiger partial charge in [-0.05, 0) is 42.5 Å². The van der Waals surface area contributed by atoms with Gasteiger partial charge in [-0.25, -0.2) is 0 Å². The number of halogens is 2. The van der Waals surface area contributed by atoms with E-state index in [1.165, 1.54) is 7.11 Å². The lowest BCUT2D eigenvalue weighted by Gasteiger charge is -2.36. The standard InChI is InChI=1S/C27H30Cl2N4O3/c1-35-25-8-4-3-7-24(25)33-14-12-32(13-15-33)11-10-30-27(34)26(36-2)9-5-6-20-16-19-17-21(28)22(29)18-23(19)31-20/h3-9,16-18,31H,10-15H2,1-2H3,(H,30,34). The van der Waals surface area contributed by atoms with Crippen LogP contribution in [-0.4, -0.2) is 69.3 Å². The zero-order chi connectivity index (χ0) is 25.5. The second-order valence-electron chi connectivity index (χ2n) is 8.43. The number of amides is 1. The third-order valence-corrected chi connectivity index (χ3v) is 6.88. The maximum atomic E-state index is 12.6. The van der Waals surface area contributed by atoms with Crippen molar-refractivity contribution in [3.05, 3.63) is 76.1 Å². The fourth-order valence-electron chi connectivity index (χ4n) is 4.23. The van der Waals surface area contributed by atoms with E-state index in [2.05, 4.69) is 26.2 Å². The van der Waals surface area contributed by atoms with Gasteiger partial charge in [-0.15, -0.1) is 0 Å². The average Bonchev–Trinajstić information content (AvgIpc) is 3.28. The van der Waals surface area contributed by atoms with Gasteiger partial charge in [0.1, 0.15) is 5.75 Å². The monoisotopic (exact) mass is 528 g/mol. The number of nitrogens with one attached hydrogen (secondary N) is 2. The molecule has 1 fully saturated rings. The van der Waals surface area contributed by atoms with Crippen molar-refractivity contribution in [2.24, 2.45) is 0 Å². The smallest absolute Gasteiger partial charge is 0.286 e. The van der Waals surface area contributed by atoms with Crippen molar-refractivity contribution < 1.29 is 14.3 Å². The first-order chi connectivity index (χ1) is 17.5. The Morgan fingerprint density at radius 2 is 1.83 bits per heavy atom. The van der Waals surface area contributed by atoms with Crippen molar-refractivity contribution in [2.45, 2.75) is 0 Å². The molecule has 1 saturated heterocycles. The molecule has 0 aliphatic carbocycles. The van der Waals surface area contributed by atoms with Crippen molar-refractivity contribution in [3.8, 4) is 5.75 Å². The number of hydrogen-bond donors (Lipinski definition) is 2. The molecule has 1 aliphatic heterocycles. The Morgan fingerprint density at radius 3 is 2.58 bits per heavy atom. The normalized spacial score (nSPS) is 15.0. The zero-order valence-corrected chi connectivity index (χ0v) is 21.9. The van der Waals surface area contributed by atoms with E-state index >= 15 is 0 Å². The molecule has 1 aromatic heterocycles. The lowest BCUT2D eigenvalue weighted by molar-refractivity contribution is -0.120. The molecule has 7 nitrogen and oxygen atoms in total. The number of benzene rings is 2. The van der Waals surface area contributed by atoms with Gasteiger partial charge in [0.2, 0.25) is 0 Å². The Labute approximate surface area is 221 Å². The fraction of sp³-hybridized carbons (Fsp3) is 0.296. The Hall–Kier alpha value is -3.13. The van der Waals surface area contributed by atoms with Crippen LogP contribution < -0.4 is 15.0 Å². The maximum Gasteiger partial charge on any atom is 0.286 e. The molecule has 0 spiro atoms. The molecule has 4 rings (SSSR count). The minimum Gasteiger partial charge on any atom is -0.495 e. The van der Waals surface area contributed by atoms with E-state index in [1.807, 2.05) is 36.4 Å². The van der Waals surface area contributed by atoms with E-state index in [1.54, 1.807) is 25.3 Å². The van der Waals surface area contributed by atoms with Crippen molar-refractivity contribution in [2.75, 3.05) is 58.4 Å². The summed E-state index contributed by atoms with van der Waals surface area (Å²) in [5.74, 6) is 0.893. The number of anilines is 1. The van der Waals surface area contributed by atoms with Gasteiger partial charge in [-0.1, -0.05) is 41.4 Å². The number of carbonyl (C=O) groups excluding carboxylic acids is 1. The number of rotatable bonds is 9. The summed E-state index contributed by atoms with van der Waals surface area (Å²) in [5.41, 5.74) is 2.88. The maximum absolute atomic E-state index is 12.6. The summed E-state index contributed by atoms with van der Waals surface area (Å²) in [5, 5.41) is 4.91. The van der Waals surface area contributed by atoms with Gasteiger partial charge in [0.15, 0.2) is 5.76 Å². The summed E-state index contributed by atoms with van der Waals surface area (Å²) in [6, 6.07) is 13.7. The van der Waals surface area contributed by atoms with E-state index < -0.39 is 0 Å². The molecule has 0 radical (unpaired) electrons. The fourth-order valence-corrected chi connectivity index (χ4v) is 4.57. The number of piperazine rings is 1. The van der Waals surface area contributed by atoms with Crippen LogP contribution in [0.1, 0.15) is 5.69 Å². The van der Waals surface area contributed by atoms with Crippen molar-refractivity contribution in [1.29, 1.82) is 0 Å². The number of methoxy groups -OCH3 is 2. The third kappa shape index (κ3) is 6.35. The second kappa shape index (κ2) is 12.2. The SMILES string of the molecule is COC(=CC=Cc1cc2cc(Cl)c(Cl)cc2[nH]1)C(=O)NCCN1CCN(c2ccccc2OC)CC1. The van der Waals surface area contributed by atoms with Crippen molar-refractivity contribution in [3.63, 3.8) is 0 Å². The molecule has 0 bridgehead atoms. The quantitative estimate of drug-likeness (QED) is 0.233. The molecule has 2 N–H and O–H groups in total. The molecular formula is C27H30Cl2N4O3. The van der Waals surface area contributed by atoms with Crippen LogP contribution in [0.3, 0.4) is 0 Å². The Balaban J connectivity index is 1.24. The highest BCUT2D eigenvalue weighted by Crippen LogP contribution is 2.29. The van der Waals surface area contributed by atoms with Crippen LogP contribution in [0.25, 0.3) is 17.0 Å². The first kappa shape index (κ1) is 25.9. The third-order valence-electron chi connectivity index (χ3n) is 6.16. The first-order valence-corrected chi connectivity index (χ1v) is 12.5. The molecule has 0 saturated carbocycles. The van der Waals surface area contributed by atoms with Crippen LogP contribution in [0.15, 0.2) is 60.4 Å². The number of fused-ring (bicyclic) bond motifs is 1. The van der Waals surface area contributed by atoms with Crippen LogP contribution in [0.2, 0.25) is 10.0 Å². The lowest BCUT2D eigenvalue weighted by atomic mass is 10.2. The van der Waals surface area contributed by atoms with Gasteiger partial charge in [-0.3, -0.25) is 9.69 Å². The number of carbonyl (C=O) groups is 1. The molecule has 9 heteroatoms. The van der Waals surface area contributed by atoms with Crippen LogP contribution in [-0.2, 0) is 9.53 Å². The van der Waals surface area contributed by atoms with Gasteiger partial charge in [0.25, 0.3) is 5.91 Å². The predicted molar refractivity (Wildman–Crippen MR) is 147 cm³/mol. The lowest BCUT2D eigenvalue weighted by Crippen LogP contribution is -2.48. The highest BCUT2D eigenvalue weighted by Gasteiger charge is 2.19. The molecule has 36 heavy (non-hydrogen) atoms. The van der Waals surface area contributed by atoms with E-state index in [0.29, 0.717) is 16.6 Å². The van der Waals surface area contributed by atoms with Gasteiger partial charge >= 0.3 is 0 Å². The Kier molecular flexibility index (Phi) is 8.80. The molecule has 1 amide bonds. The topological polar surface area (TPSA) is 69.8 Å². The minimum absolute atomic E-state index is 0.245. The number of H-pyrrole nitrogens is 1. The number of allylic oxidation sites excluding steroid dienone is 2. The largest absolute Gasteiger partial charge is 0.495 e. The van der Waals surface area contributed by atoms with Gasteiger partial charge in [-0.2, -0.15) is 0 Å². The van der Waals surface area contributed by atoms with E-state index in [0.717, 1.165) is 60.8 Å². The Bertz CT molecular complexity index is 1220. The van der Waals surface area contributed by atoms with Gasteiger partial charge in [0.05, 0.1) is 30.0 Å². The molecule has 0 atom stereocenters. The number of para-hydroxylation sites is 2. The van der Waals surface area contributed by atoms with Crippen LogP contribution in [0.5, 0.6) is 5.75 Å². The van der Waals surface area contributed by atoms with E-state index in [-0.39, 0.29) is 11.7 Å². The highest BCUT2D eigenvalue weighted by atomic mass is 35.5. The van der Waals surface area contributed by atoms with Crippen LogP contribution >= 0.6 is 23.2 Å². The molecule has 2 heterocycles. The summed E-state index contributed by atoms with van der Waals surface area (Å²) >= 11 is 12.2. The summed E-state index contributed by atoms with van der Waals surface area (Å²) in [6.45, 7) is 4.98. The molecule has 2 aromatic carbocycles. The summed E-state index contributed by atoms with van der Waals surface area (Å²) < 4.78 is 10.8. The molecule has 3 aromatic rings. The molecule has 1 aliphatic rings. The number of aromatic nitrogens is 1. The summed E-state index contributed by atoms with van der Waals surface area (Å²) in [4.78, 5) is 20.5. The van der Waals surface area contributed by atoms with Crippen LogP contribution in [0, 0.1) is 0 Å². The predicted octanol–water partition coefficient (Wildman–Crippen LogP) is 4.97. The van der Waals surface area contributed by atoms with Crippen molar-refractivity contribution in [1.82, 2.24) is 15.2 Å². The Morgan fingerprint density at radius 1 is 1.08 bits per heavy atom. The van der Waals surface area contributed by atoms with Gasteiger partial charge < -0.3 is 24.7 Å². The number of hydrogen-bond acceptors (Lipinski definition) is 5. The van der Waals surface area contributed by atoms with E-state index in [4.69, 9.17) is 32.7 Å². The summed E-state index contributed by atoms with van der Waals surface area (Å²) in [7, 11) is 3.19. The zero-order valence-electron chi connectivity index (χ0n) is 20.4. The number of aromatic amines is 1. The van der Waals surface area contributed by atoms with Crippen LogP contribution in [0.4, 0.5) is 5.69 Å². The average molecular weight is 529 g/mol. The van der Waals surface area contributed by atoms with Gasteiger partial charge in [0, 0.05) is 55.9 Å². The number of ether oxygens (including phenoxy) is 2. The first-order valence-electron chi connectivity index (χ1n) is 11.8. The molecular weight excluding hydrogens is 499 g/mol. The minimum atomic E-state index is -0.245. The summed E-state index contributed by atoms with van der Waals surface area (Å²) in [6.07, 6.45) is 5.27. The van der Waals surface area contributed by atoms with Crippen molar-refractivity contribution >= 4 is 51.8 Å². The van der Waals surface area contributed by atoms with E-state index in [9.17, 15) is 4.79 Å². The highest BCUT2D eigenvalue weighted by molar-refractivity contribution is 6.42. The second-order valence-corrected chi connectivity index (χ2v) is 9.24. The number of nitrogens with zero attached hydrogens (tertiary/aromatic N) is 2. The molecule has 0 unspecified atom stereocenters. The molecule has 190 valence electrons.